The first kappa shape index (κ1) is 61.3. The predicted molar refractivity (Wildman–Crippen MR) is 330 cm³/mol. The lowest BCUT2D eigenvalue weighted by Crippen LogP contribution is -2.15. The van der Waals surface area contributed by atoms with Crippen LogP contribution in [0.1, 0.15) is 164 Å². The highest BCUT2D eigenvalue weighted by Gasteiger charge is 2.34. The molecule has 0 amide bonds. The SMILES string of the molecule is COc1cc(-c2cc(OC)cc(C(C)(C)C)c2Op2oc3c(C(C)(C)C)cc(OC)cc3c3cc(OC)cc(C(C)(C)C)c3o2)c(Op2oc3c(C(C)(C)C)cc(C)cc3c3cc(OC)cc(C(C)(C)C)c3o2)c(C(C)(C)C)c1.O. The minimum atomic E-state index is -2.30. The molecule has 8 rings (SSSR count). The maximum Gasteiger partial charge on any atom is 0.453 e. The first-order chi connectivity index (χ1) is 36.6. The highest BCUT2D eigenvalue weighted by Crippen LogP contribution is 2.55. The molecule has 0 fully saturated rings. The molecule has 0 saturated heterocycles. The Morgan fingerprint density at radius 1 is 0.300 bits per heavy atom. The Morgan fingerprint density at radius 3 is 0.775 bits per heavy atom. The van der Waals surface area contributed by atoms with E-state index in [1.807, 2.05) is 54.6 Å². The van der Waals surface area contributed by atoms with E-state index in [4.69, 9.17) is 49.5 Å². The molecule has 1 atom stereocenters. The summed E-state index contributed by atoms with van der Waals surface area (Å²) in [5.74, 6) is 4.35. The summed E-state index contributed by atoms with van der Waals surface area (Å²) in [5, 5.41) is 3.36. The van der Waals surface area contributed by atoms with Crippen LogP contribution in [0.25, 0.3) is 55.0 Å². The molecule has 0 aliphatic rings. The zero-order chi connectivity index (χ0) is 58.3. The molecule has 2 aromatic heterocycles. The molecule has 0 aliphatic heterocycles. The standard InChI is InChI=1S/C66H84O11P2.H2O/c1-37-25-43-44-27-38(67-20)32-50(62(5,6)7)56(44)73-78(72-55(43)49(26-37)61(2,3)4)74-57-45(28-39(68-21)33-51(57)63(8,9)10)46-29-40(69-22)34-52(64(11,12)13)58(46)75-79-76-59-47(30-41(70-23)35-53(59)65(14,15)16)48-31-42(71-24)36-54(60(48)77-79)66(17,18)19;/h25-36H,1-24H3;1H2. The average molecular weight is 1130 g/mol. The fraction of sp³-hybridized carbons (Fsp3) is 0.455. The summed E-state index contributed by atoms with van der Waals surface area (Å²) in [6.45, 7) is 41.2. The summed E-state index contributed by atoms with van der Waals surface area (Å²) < 4.78 is 74.8. The van der Waals surface area contributed by atoms with Crippen LogP contribution in [0.15, 0.2) is 89.6 Å². The van der Waals surface area contributed by atoms with Crippen molar-refractivity contribution in [3.8, 4) is 51.4 Å². The molecule has 0 spiro atoms. The van der Waals surface area contributed by atoms with Gasteiger partial charge in [-0.3, -0.25) is 0 Å². The summed E-state index contributed by atoms with van der Waals surface area (Å²) in [6.07, 6.45) is 0. The van der Waals surface area contributed by atoms with Crippen LogP contribution in [0.4, 0.5) is 0 Å². The molecule has 12 nitrogen and oxygen atoms in total. The second-order valence-corrected chi connectivity index (χ2v) is 28.9. The number of hydrogen-bond donors (Lipinski definition) is 0. The van der Waals surface area contributed by atoms with E-state index in [0.717, 1.165) is 66.2 Å². The minimum Gasteiger partial charge on any atom is -0.497 e. The van der Waals surface area contributed by atoms with Crippen LogP contribution >= 0.6 is 16.5 Å². The molecule has 0 radical (unpaired) electrons. The van der Waals surface area contributed by atoms with Crippen LogP contribution in [0.5, 0.6) is 40.2 Å². The highest BCUT2D eigenvalue weighted by atomic mass is 31.1. The third-order valence-electron chi connectivity index (χ3n) is 14.4. The van der Waals surface area contributed by atoms with Gasteiger partial charge >= 0.3 is 16.5 Å². The number of fused-ring (bicyclic) bond motifs is 6. The van der Waals surface area contributed by atoms with Gasteiger partial charge in [-0.1, -0.05) is 131 Å². The molecule has 14 heteroatoms. The zero-order valence-electron chi connectivity index (χ0n) is 51.8. The molecule has 80 heavy (non-hydrogen) atoms. The summed E-state index contributed by atoms with van der Waals surface area (Å²) in [6, 6.07) is 24.6. The number of ether oxygens (including phenoxy) is 5. The molecular formula is C66H86O12P2. The Morgan fingerprint density at radius 2 is 0.525 bits per heavy atom. The number of aryl methyl sites for hydroxylation is 1. The molecule has 0 saturated carbocycles. The summed E-state index contributed by atoms with van der Waals surface area (Å²) >= 11 is 0. The van der Waals surface area contributed by atoms with Crippen LogP contribution in [0, 0.1) is 6.92 Å². The van der Waals surface area contributed by atoms with Gasteiger partial charge in [0.1, 0.15) is 62.6 Å². The van der Waals surface area contributed by atoms with Crippen molar-refractivity contribution in [2.24, 2.45) is 0 Å². The number of benzene rings is 6. The van der Waals surface area contributed by atoms with Crippen LogP contribution in [0.2, 0.25) is 0 Å². The smallest absolute Gasteiger partial charge is 0.453 e. The predicted octanol–water partition coefficient (Wildman–Crippen LogP) is 19.6. The summed E-state index contributed by atoms with van der Waals surface area (Å²) in [5.41, 5.74) is 7.99. The van der Waals surface area contributed by atoms with Gasteiger partial charge in [-0.25, -0.2) is 0 Å². The number of methoxy groups -OCH3 is 5. The van der Waals surface area contributed by atoms with Crippen molar-refractivity contribution in [1.82, 2.24) is 0 Å². The van der Waals surface area contributed by atoms with Crippen molar-refractivity contribution < 1.29 is 55.0 Å². The van der Waals surface area contributed by atoms with Crippen LogP contribution in [0.3, 0.4) is 0 Å². The van der Waals surface area contributed by atoms with Crippen LogP contribution in [-0.2, 0) is 32.5 Å². The van der Waals surface area contributed by atoms with Gasteiger partial charge in [0.15, 0.2) is 0 Å². The van der Waals surface area contributed by atoms with Gasteiger partial charge in [-0.15, -0.1) is 0 Å². The summed E-state index contributed by atoms with van der Waals surface area (Å²) in [4.78, 5) is 0. The van der Waals surface area contributed by atoms with E-state index < -0.39 is 38.1 Å². The molecule has 6 aromatic carbocycles. The van der Waals surface area contributed by atoms with Gasteiger partial charge in [-0.05, 0) is 112 Å². The highest BCUT2D eigenvalue weighted by molar-refractivity contribution is 7.32. The third kappa shape index (κ3) is 12.1. The van der Waals surface area contributed by atoms with Crippen LogP contribution < -0.4 is 32.7 Å². The largest absolute Gasteiger partial charge is 0.497 e. The lowest BCUT2D eigenvalue weighted by atomic mass is 9.81. The lowest BCUT2D eigenvalue weighted by Gasteiger charge is -2.28. The molecule has 0 aliphatic carbocycles. The van der Waals surface area contributed by atoms with Crippen molar-refractivity contribution in [3.63, 3.8) is 0 Å². The Kier molecular flexibility index (Phi) is 16.8. The first-order valence-corrected chi connectivity index (χ1v) is 29.3. The molecule has 0 bridgehead atoms. The van der Waals surface area contributed by atoms with Gasteiger partial charge in [0.05, 0.1) is 35.5 Å². The van der Waals surface area contributed by atoms with Crippen molar-refractivity contribution in [2.75, 3.05) is 35.5 Å². The van der Waals surface area contributed by atoms with Gasteiger partial charge in [0.2, 0.25) is 0 Å². The zero-order valence-corrected chi connectivity index (χ0v) is 53.6. The number of hydrogen-bond acceptors (Lipinski definition) is 11. The van der Waals surface area contributed by atoms with Gasteiger partial charge in [0, 0.05) is 66.1 Å². The van der Waals surface area contributed by atoms with E-state index in [1.165, 1.54) is 0 Å². The lowest BCUT2D eigenvalue weighted by molar-refractivity contribution is 0.408. The Hall–Kier alpha value is -6.32. The van der Waals surface area contributed by atoms with E-state index in [1.54, 1.807) is 35.5 Å². The van der Waals surface area contributed by atoms with E-state index in [0.29, 0.717) is 68.0 Å². The summed E-state index contributed by atoms with van der Waals surface area (Å²) in [7, 11) is 3.85. The Labute approximate surface area is 475 Å². The Bertz CT molecular complexity index is 3640. The molecular weight excluding hydrogens is 1050 g/mol. The molecule has 432 valence electrons. The second kappa shape index (κ2) is 21.9. The second-order valence-electron chi connectivity index (χ2n) is 26.9. The molecule has 2 heterocycles. The van der Waals surface area contributed by atoms with Crippen molar-refractivity contribution in [1.29, 1.82) is 0 Å². The fourth-order valence-corrected chi connectivity index (χ4v) is 12.4. The topological polar surface area (TPSA) is 149 Å². The van der Waals surface area contributed by atoms with Crippen LogP contribution in [-0.4, -0.2) is 41.0 Å². The maximum absolute atomic E-state index is 7.58. The molecule has 1 unspecified atom stereocenters. The van der Waals surface area contributed by atoms with Gasteiger partial charge in [-0.2, -0.15) is 0 Å². The van der Waals surface area contributed by atoms with E-state index in [2.05, 4.69) is 150 Å². The third-order valence-corrected chi connectivity index (χ3v) is 16.4. The quantitative estimate of drug-likeness (QED) is 0.129. The first-order valence-electron chi connectivity index (χ1n) is 27.1. The van der Waals surface area contributed by atoms with Gasteiger partial charge < -0.3 is 55.0 Å². The average Bonchev–Trinajstić information content (AvgIpc) is 3.86. The molecule has 2 N–H and O–H groups in total. The van der Waals surface area contributed by atoms with E-state index in [9.17, 15) is 0 Å². The fourth-order valence-electron chi connectivity index (χ4n) is 10.1. The van der Waals surface area contributed by atoms with Gasteiger partial charge in [0.25, 0.3) is 0 Å². The van der Waals surface area contributed by atoms with E-state index >= 15 is 0 Å². The monoisotopic (exact) mass is 1130 g/mol. The van der Waals surface area contributed by atoms with Crippen molar-refractivity contribution in [3.05, 3.63) is 112 Å². The minimum absolute atomic E-state index is 0. The Balaban J connectivity index is 0.00000924. The normalized spacial score (nSPS) is 12.9. The van der Waals surface area contributed by atoms with Crippen molar-refractivity contribution in [2.45, 2.75) is 164 Å². The molecule has 8 aromatic rings. The van der Waals surface area contributed by atoms with Crippen molar-refractivity contribution >= 4 is 60.4 Å². The maximum atomic E-state index is 7.58. The van der Waals surface area contributed by atoms with E-state index in [-0.39, 0.29) is 16.3 Å². The number of rotatable bonds is 10.